The van der Waals surface area contributed by atoms with Gasteiger partial charge in [-0.3, -0.25) is 9.59 Å². The zero-order valence-electron chi connectivity index (χ0n) is 16.9. The molecule has 2 amide bonds. The van der Waals surface area contributed by atoms with Gasteiger partial charge < -0.3 is 15.2 Å². The molecule has 11 heteroatoms. The molecule has 0 bridgehead atoms. The number of fused-ring (bicyclic) bond motifs is 1. The predicted molar refractivity (Wildman–Crippen MR) is 109 cm³/mol. The highest BCUT2D eigenvalue weighted by atomic mass is 19.2. The average molecular weight is 458 g/mol. The van der Waals surface area contributed by atoms with Gasteiger partial charge in [-0.15, -0.1) is 0 Å². The van der Waals surface area contributed by atoms with Crippen molar-refractivity contribution in [1.82, 2.24) is 15.5 Å². The number of benzene rings is 2. The summed E-state index contributed by atoms with van der Waals surface area (Å²) in [7, 11) is 0. The highest BCUT2D eigenvalue weighted by Gasteiger charge is 2.21. The summed E-state index contributed by atoms with van der Waals surface area (Å²) < 4.78 is 58.5. The van der Waals surface area contributed by atoms with Gasteiger partial charge in [0.1, 0.15) is 5.82 Å². The van der Waals surface area contributed by atoms with Crippen LogP contribution in [-0.4, -0.2) is 28.5 Å². The van der Waals surface area contributed by atoms with E-state index in [0.717, 1.165) is 6.07 Å². The summed E-state index contributed by atoms with van der Waals surface area (Å²) in [6, 6.07) is 8.35. The van der Waals surface area contributed by atoms with Crippen LogP contribution in [0.4, 0.5) is 23.2 Å². The zero-order chi connectivity index (χ0) is 23.7. The quantitative estimate of drug-likeness (QED) is 0.346. The van der Waals surface area contributed by atoms with Crippen molar-refractivity contribution in [3.63, 3.8) is 0 Å². The molecular weight excluding hydrogens is 444 g/mol. The lowest BCUT2D eigenvalue weighted by atomic mass is 10.1. The van der Waals surface area contributed by atoms with E-state index in [-0.39, 0.29) is 11.3 Å². The molecule has 33 heavy (non-hydrogen) atoms. The fourth-order valence-corrected chi connectivity index (χ4v) is 3.11. The Balaban J connectivity index is 1.56. The topological polar surface area (TPSA) is 97.1 Å². The van der Waals surface area contributed by atoms with Gasteiger partial charge in [0.15, 0.2) is 17.5 Å². The van der Waals surface area contributed by atoms with E-state index in [2.05, 4.69) is 20.8 Å². The van der Waals surface area contributed by atoms with Crippen molar-refractivity contribution < 1.29 is 31.7 Å². The number of aromatic nitrogens is 2. The van der Waals surface area contributed by atoms with Gasteiger partial charge in [-0.1, -0.05) is 5.16 Å². The van der Waals surface area contributed by atoms with Crippen molar-refractivity contribution in [3.05, 3.63) is 77.0 Å². The molecule has 2 heterocycles. The third-order valence-electron chi connectivity index (χ3n) is 4.72. The maximum Gasteiger partial charge on any atom is 0.259 e. The maximum absolute atomic E-state index is 13.7. The Hall–Kier alpha value is -4.28. The number of pyridine rings is 1. The first kappa shape index (κ1) is 21.9. The Morgan fingerprint density at radius 3 is 2.45 bits per heavy atom. The van der Waals surface area contributed by atoms with Crippen LogP contribution in [0.3, 0.4) is 0 Å². The molecule has 2 aromatic heterocycles. The van der Waals surface area contributed by atoms with E-state index in [0.29, 0.717) is 28.4 Å². The van der Waals surface area contributed by atoms with Crippen LogP contribution in [0.2, 0.25) is 0 Å². The van der Waals surface area contributed by atoms with Crippen LogP contribution in [0.1, 0.15) is 16.1 Å². The molecule has 0 aliphatic heterocycles. The Bertz CT molecular complexity index is 1390. The van der Waals surface area contributed by atoms with Crippen molar-refractivity contribution in [2.75, 3.05) is 11.9 Å². The second-order valence-corrected chi connectivity index (χ2v) is 6.96. The van der Waals surface area contributed by atoms with Gasteiger partial charge >= 0.3 is 0 Å². The van der Waals surface area contributed by atoms with Gasteiger partial charge in [0, 0.05) is 5.56 Å². The van der Waals surface area contributed by atoms with Crippen LogP contribution in [0.15, 0.2) is 47.0 Å². The molecule has 0 unspecified atom stereocenters. The second kappa shape index (κ2) is 8.69. The molecule has 0 spiro atoms. The van der Waals surface area contributed by atoms with Crippen LogP contribution < -0.4 is 10.6 Å². The van der Waals surface area contributed by atoms with E-state index in [1.165, 1.54) is 30.3 Å². The minimum atomic E-state index is -1.73. The Kier molecular flexibility index (Phi) is 5.78. The molecule has 0 aliphatic rings. The average Bonchev–Trinajstić information content (AvgIpc) is 3.18. The van der Waals surface area contributed by atoms with E-state index >= 15 is 0 Å². The van der Waals surface area contributed by atoms with E-state index in [9.17, 15) is 27.2 Å². The van der Waals surface area contributed by atoms with Crippen molar-refractivity contribution in [2.45, 2.75) is 6.92 Å². The molecule has 0 radical (unpaired) electrons. The van der Waals surface area contributed by atoms with Crippen LogP contribution in [0.25, 0.3) is 22.4 Å². The SMILES string of the molecule is Cc1noc2nc(-c3ccc(F)cc3)cc(C(=O)NCC(=O)Nc3ccc(F)c(F)c3F)c12. The molecule has 2 aromatic carbocycles. The second-order valence-electron chi connectivity index (χ2n) is 6.96. The molecule has 7 nitrogen and oxygen atoms in total. The molecule has 2 N–H and O–H groups in total. The number of hydrogen-bond acceptors (Lipinski definition) is 5. The Morgan fingerprint density at radius 2 is 1.73 bits per heavy atom. The number of carbonyl (C=O) groups excluding carboxylic acids is 2. The number of halogens is 4. The Labute approximate surface area is 183 Å². The summed E-state index contributed by atoms with van der Waals surface area (Å²) in [4.78, 5) is 29.2. The smallest absolute Gasteiger partial charge is 0.259 e. The Morgan fingerprint density at radius 1 is 1.00 bits per heavy atom. The number of carbonyl (C=O) groups is 2. The third kappa shape index (κ3) is 4.38. The summed E-state index contributed by atoms with van der Waals surface area (Å²) in [5.41, 5.74) is 0.761. The van der Waals surface area contributed by atoms with Crippen molar-refractivity contribution in [1.29, 1.82) is 0 Å². The number of nitrogens with one attached hydrogen (secondary N) is 2. The minimum absolute atomic E-state index is 0.0628. The number of nitrogens with zero attached hydrogens (tertiary/aromatic N) is 2. The number of hydrogen-bond donors (Lipinski definition) is 2. The first-order valence-corrected chi connectivity index (χ1v) is 9.49. The summed E-state index contributed by atoms with van der Waals surface area (Å²) >= 11 is 0. The van der Waals surface area contributed by atoms with Crippen molar-refractivity contribution >= 4 is 28.6 Å². The van der Waals surface area contributed by atoms with Crippen LogP contribution in [0.5, 0.6) is 0 Å². The fraction of sp³-hybridized carbons (Fsp3) is 0.0909. The van der Waals surface area contributed by atoms with Crippen LogP contribution in [-0.2, 0) is 4.79 Å². The summed E-state index contributed by atoms with van der Waals surface area (Å²) in [5.74, 6) is -6.71. The van der Waals surface area contributed by atoms with Crippen LogP contribution >= 0.6 is 0 Å². The van der Waals surface area contributed by atoms with Gasteiger partial charge in [-0.25, -0.2) is 22.5 Å². The maximum atomic E-state index is 13.7. The fourth-order valence-electron chi connectivity index (χ4n) is 3.11. The summed E-state index contributed by atoms with van der Waals surface area (Å²) in [6.45, 7) is 0.998. The van der Waals surface area contributed by atoms with Gasteiger partial charge in [0.05, 0.1) is 34.6 Å². The first-order valence-electron chi connectivity index (χ1n) is 9.49. The minimum Gasteiger partial charge on any atom is -0.343 e. The predicted octanol–water partition coefficient (Wildman–Crippen LogP) is 4.12. The first-order chi connectivity index (χ1) is 15.7. The summed E-state index contributed by atoms with van der Waals surface area (Å²) in [6.07, 6.45) is 0. The van der Waals surface area contributed by atoms with Gasteiger partial charge in [-0.2, -0.15) is 0 Å². The molecule has 0 fully saturated rings. The summed E-state index contributed by atoms with van der Waals surface area (Å²) in [5, 5.41) is 8.53. The molecular formula is C22H14F4N4O3. The molecule has 4 aromatic rings. The zero-order valence-corrected chi connectivity index (χ0v) is 16.9. The molecule has 0 atom stereocenters. The van der Waals surface area contributed by atoms with E-state index in [1.807, 2.05) is 0 Å². The molecule has 0 saturated carbocycles. The van der Waals surface area contributed by atoms with Crippen molar-refractivity contribution in [2.24, 2.45) is 0 Å². The number of aryl methyl sites for hydroxylation is 1. The third-order valence-corrected chi connectivity index (χ3v) is 4.72. The number of anilines is 1. The molecule has 0 aliphatic carbocycles. The van der Waals surface area contributed by atoms with Gasteiger partial charge in [0.2, 0.25) is 5.91 Å². The monoisotopic (exact) mass is 458 g/mol. The standard InChI is InChI=1S/C22H14F4N4O3/c1-10-18-13(8-16(29-22(18)33-30-10)11-2-4-12(23)5-3-11)21(32)27-9-17(31)28-15-7-6-14(24)19(25)20(15)26/h2-8H,9H2,1H3,(H,27,32)(H,28,31). The number of amides is 2. The van der Waals surface area contributed by atoms with E-state index < -0.39 is 47.3 Å². The molecule has 4 rings (SSSR count). The van der Waals surface area contributed by atoms with Gasteiger partial charge in [0.25, 0.3) is 11.6 Å². The molecule has 168 valence electrons. The lowest BCUT2D eigenvalue weighted by molar-refractivity contribution is -0.115. The lowest BCUT2D eigenvalue weighted by Gasteiger charge is -2.10. The van der Waals surface area contributed by atoms with Gasteiger partial charge in [-0.05, 0) is 49.4 Å². The van der Waals surface area contributed by atoms with Crippen LogP contribution in [0, 0.1) is 30.2 Å². The molecule has 0 saturated heterocycles. The highest BCUT2D eigenvalue weighted by Crippen LogP contribution is 2.27. The number of rotatable bonds is 5. The largest absolute Gasteiger partial charge is 0.343 e. The highest BCUT2D eigenvalue weighted by molar-refractivity contribution is 6.08. The van der Waals surface area contributed by atoms with E-state index in [4.69, 9.17) is 4.52 Å². The van der Waals surface area contributed by atoms with Crippen molar-refractivity contribution in [3.8, 4) is 11.3 Å². The van der Waals surface area contributed by atoms with E-state index in [1.54, 1.807) is 6.92 Å². The lowest BCUT2D eigenvalue weighted by Crippen LogP contribution is -2.33. The normalized spacial score (nSPS) is 10.9.